The lowest BCUT2D eigenvalue weighted by Crippen LogP contribution is -2.13. The van der Waals surface area contributed by atoms with Crippen LogP contribution in [0.15, 0.2) is 46.9 Å². The van der Waals surface area contributed by atoms with Gasteiger partial charge in [0, 0.05) is 17.7 Å². The highest BCUT2D eigenvalue weighted by molar-refractivity contribution is 5.95. The van der Waals surface area contributed by atoms with Crippen LogP contribution >= 0.6 is 0 Å². The monoisotopic (exact) mass is 297 g/mol. The van der Waals surface area contributed by atoms with E-state index < -0.39 is 0 Å². The van der Waals surface area contributed by atoms with Crippen molar-refractivity contribution in [2.45, 2.75) is 12.6 Å². The lowest BCUT2D eigenvalue weighted by atomic mass is 10.2. The number of carbonyl (C=O) groups excluding carboxylic acids is 1. The van der Waals surface area contributed by atoms with Gasteiger partial charge in [0.1, 0.15) is 11.5 Å². The van der Waals surface area contributed by atoms with E-state index in [4.69, 9.17) is 13.9 Å². The molecule has 0 spiro atoms. The van der Waals surface area contributed by atoms with Gasteiger partial charge < -0.3 is 18.5 Å². The number of nitrogens with zero attached hydrogens (tertiary/aromatic N) is 1. The molecular weight excluding hydrogens is 282 g/mol. The fourth-order valence-corrected chi connectivity index (χ4v) is 2.63. The summed E-state index contributed by atoms with van der Waals surface area (Å²) >= 11 is 0. The molecular formula is C17H15NO4. The van der Waals surface area contributed by atoms with Gasteiger partial charge in [-0.25, -0.2) is 4.79 Å². The van der Waals surface area contributed by atoms with Crippen molar-refractivity contribution in [2.75, 3.05) is 13.7 Å². The summed E-state index contributed by atoms with van der Waals surface area (Å²) < 4.78 is 18.0. The van der Waals surface area contributed by atoms with Crippen molar-refractivity contribution in [1.29, 1.82) is 0 Å². The molecule has 3 heterocycles. The summed E-state index contributed by atoms with van der Waals surface area (Å²) in [4.78, 5) is 11.9. The van der Waals surface area contributed by atoms with Gasteiger partial charge in [0.15, 0.2) is 5.58 Å². The van der Waals surface area contributed by atoms with Crippen LogP contribution < -0.4 is 0 Å². The highest BCUT2D eigenvalue weighted by Crippen LogP contribution is 2.31. The minimum atomic E-state index is -0.367. The molecule has 0 radical (unpaired) electrons. The van der Waals surface area contributed by atoms with Crippen molar-refractivity contribution in [3.63, 3.8) is 0 Å². The molecule has 0 saturated carbocycles. The average Bonchev–Trinajstić information content (AvgIpc) is 3.18. The maximum Gasteiger partial charge on any atom is 0.354 e. The first kappa shape index (κ1) is 13.2. The van der Waals surface area contributed by atoms with Gasteiger partial charge in [-0.1, -0.05) is 30.3 Å². The summed E-state index contributed by atoms with van der Waals surface area (Å²) in [5.74, 6) is 0.417. The van der Waals surface area contributed by atoms with Gasteiger partial charge >= 0.3 is 5.97 Å². The van der Waals surface area contributed by atoms with Crippen LogP contribution in [0.4, 0.5) is 0 Å². The zero-order chi connectivity index (χ0) is 15.1. The highest BCUT2D eigenvalue weighted by atomic mass is 16.6. The van der Waals surface area contributed by atoms with Crippen molar-refractivity contribution in [3.8, 4) is 11.3 Å². The number of benzene rings is 1. The third-order valence-electron chi connectivity index (χ3n) is 3.83. The Bertz CT molecular complexity index is 827. The van der Waals surface area contributed by atoms with Crippen molar-refractivity contribution in [2.24, 2.45) is 0 Å². The van der Waals surface area contributed by atoms with Gasteiger partial charge in [-0.2, -0.15) is 0 Å². The Balaban J connectivity index is 1.82. The molecule has 1 aromatic carbocycles. The molecule has 1 aliphatic heterocycles. The molecule has 0 aliphatic carbocycles. The van der Waals surface area contributed by atoms with Crippen LogP contribution in [0.25, 0.3) is 22.4 Å². The first-order valence-electron chi connectivity index (χ1n) is 7.14. The van der Waals surface area contributed by atoms with Gasteiger partial charge in [-0.3, -0.25) is 0 Å². The summed E-state index contributed by atoms with van der Waals surface area (Å²) in [7, 11) is 1.38. The quantitative estimate of drug-likeness (QED) is 0.548. The summed E-state index contributed by atoms with van der Waals surface area (Å²) in [5, 5.41) is 0. The van der Waals surface area contributed by atoms with Crippen molar-refractivity contribution in [1.82, 2.24) is 4.57 Å². The van der Waals surface area contributed by atoms with Gasteiger partial charge in [0.2, 0.25) is 0 Å². The zero-order valence-corrected chi connectivity index (χ0v) is 12.1. The van der Waals surface area contributed by atoms with Gasteiger partial charge in [-0.15, -0.1) is 0 Å². The van der Waals surface area contributed by atoms with Crippen LogP contribution in [0.5, 0.6) is 0 Å². The Morgan fingerprint density at radius 1 is 1.32 bits per heavy atom. The topological polar surface area (TPSA) is 56.9 Å². The predicted octanol–water partition coefficient (Wildman–Crippen LogP) is 3.09. The maximum atomic E-state index is 11.9. The van der Waals surface area contributed by atoms with E-state index in [2.05, 4.69) is 0 Å². The molecule has 4 rings (SSSR count). The van der Waals surface area contributed by atoms with Crippen molar-refractivity contribution in [3.05, 3.63) is 48.2 Å². The summed E-state index contributed by atoms with van der Waals surface area (Å²) in [6, 6.07) is 13.6. The molecule has 1 unspecified atom stereocenters. The third-order valence-corrected chi connectivity index (χ3v) is 3.83. The standard InChI is InChI=1S/C17H15NO4/c1-20-17(19)14-8-16-13(18(14)9-12-10-21-12)7-15(22-16)11-5-3-2-4-6-11/h2-8,12H,9-10H2,1H3. The Morgan fingerprint density at radius 3 is 2.77 bits per heavy atom. The number of rotatable bonds is 4. The molecule has 5 heteroatoms. The summed E-state index contributed by atoms with van der Waals surface area (Å²) in [6.07, 6.45) is 0.161. The van der Waals surface area contributed by atoms with E-state index in [-0.39, 0.29) is 12.1 Å². The van der Waals surface area contributed by atoms with Crippen molar-refractivity contribution < 1.29 is 18.7 Å². The molecule has 22 heavy (non-hydrogen) atoms. The fraction of sp³-hybridized carbons (Fsp3) is 0.235. The number of methoxy groups -OCH3 is 1. The van der Waals surface area contributed by atoms with Crippen LogP contribution in [-0.2, 0) is 16.0 Å². The second-order valence-electron chi connectivity index (χ2n) is 5.31. The van der Waals surface area contributed by atoms with Crippen LogP contribution in [0.3, 0.4) is 0 Å². The summed E-state index contributed by atoms with van der Waals surface area (Å²) in [5.41, 5.74) is 3.06. The third kappa shape index (κ3) is 2.19. The minimum absolute atomic E-state index is 0.161. The predicted molar refractivity (Wildman–Crippen MR) is 80.7 cm³/mol. The average molecular weight is 297 g/mol. The highest BCUT2D eigenvalue weighted by Gasteiger charge is 2.28. The Labute approximate surface area is 127 Å². The smallest absolute Gasteiger partial charge is 0.354 e. The molecule has 0 bridgehead atoms. The number of hydrogen-bond acceptors (Lipinski definition) is 4. The molecule has 0 amide bonds. The normalized spacial score (nSPS) is 16.9. The zero-order valence-electron chi connectivity index (χ0n) is 12.1. The molecule has 1 aliphatic rings. The van der Waals surface area contributed by atoms with E-state index in [9.17, 15) is 4.79 Å². The second kappa shape index (κ2) is 5.03. The molecule has 112 valence electrons. The number of epoxide rings is 1. The number of furan rings is 1. The van der Waals surface area contributed by atoms with Gasteiger partial charge in [0.05, 0.1) is 31.9 Å². The van der Waals surface area contributed by atoms with Crippen LogP contribution in [0.2, 0.25) is 0 Å². The summed E-state index contributed by atoms with van der Waals surface area (Å²) in [6.45, 7) is 1.35. The fourth-order valence-electron chi connectivity index (χ4n) is 2.63. The molecule has 0 N–H and O–H groups in total. The van der Waals surface area contributed by atoms with Gasteiger partial charge in [-0.05, 0) is 0 Å². The number of fused-ring (bicyclic) bond motifs is 1. The molecule has 1 saturated heterocycles. The molecule has 1 fully saturated rings. The largest absolute Gasteiger partial charge is 0.464 e. The van der Waals surface area contributed by atoms with Crippen LogP contribution in [0, 0.1) is 0 Å². The number of ether oxygens (including phenoxy) is 2. The SMILES string of the molecule is COC(=O)c1cc2oc(-c3ccccc3)cc2n1CC1CO1. The Morgan fingerprint density at radius 2 is 2.09 bits per heavy atom. The first-order chi connectivity index (χ1) is 10.8. The van der Waals surface area contributed by atoms with Crippen LogP contribution in [0.1, 0.15) is 10.5 Å². The molecule has 2 aromatic heterocycles. The molecule has 1 atom stereocenters. The van der Waals surface area contributed by atoms with E-state index >= 15 is 0 Å². The number of hydrogen-bond donors (Lipinski definition) is 0. The first-order valence-corrected chi connectivity index (χ1v) is 7.14. The number of aromatic nitrogens is 1. The van der Waals surface area contributed by atoms with E-state index in [1.807, 2.05) is 41.0 Å². The molecule has 3 aromatic rings. The molecule has 5 nitrogen and oxygen atoms in total. The Kier molecular flexibility index (Phi) is 3.01. The lowest BCUT2D eigenvalue weighted by Gasteiger charge is -2.06. The van der Waals surface area contributed by atoms with E-state index in [0.717, 1.165) is 23.4 Å². The number of esters is 1. The van der Waals surface area contributed by atoms with Crippen molar-refractivity contribution >= 4 is 17.1 Å². The van der Waals surface area contributed by atoms with Gasteiger partial charge in [0.25, 0.3) is 0 Å². The van der Waals surface area contributed by atoms with E-state index in [1.54, 1.807) is 6.07 Å². The van der Waals surface area contributed by atoms with E-state index in [0.29, 0.717) is 17.8 Å². The van der Waals surface area contributed by atoms with Crippen LogP contribution in [-0.4, -0.2) is 30.4 Å². The minimum Gasteiger partial charge on any atom is -0.464 e. The number of carbonyl (C=O) groups is 1. The van der Waals surface area contributed by atoms with E-state index in [1.165, 1.54) is 7.11 Å². The second-order valence-corrected chi connectivity index (χ2v) is 5.31. The lowest BCUT2D eigenvalue weighted by molar-refractivity contribution is 0.0588. The maximum absolute atomic E-state index is 11.9. The Hall–Kier alpha value is -2.53.